The van der Waals surface area contributed by atoms with Crippen LogP contribution in [0.25, 0.3) is 16.6 Å². The van der Waals surface area contributed by atoms with E-state index in [0.717, 1.165) is 34.4 Å². The number of amidine groups is 1. The van der Waals surface area contributed by atoms with Gasteiger partial charge in [0.05, 0.1) is 17.5 Å². The molecule has 0 saturated carbocycles. The Labute approximate surface area is 107 Å². The summed E-state index contributed by atoms with van der Waals surface area (Å²) < 4.78 is 0. The molecular weight excluding hydrogens is 224 g/mol. The van der Waals surface area contributed by atoms with Gasteiger partial charge in [-0.25, -0.2) is 0 Å². The Kier molecular flexibility index (Phi) is 3.77. The van der Waals surface area contributed by atoms with Gasteiger partial charge >= 0.3 is 0 Å². The zero-order chi connectivity index (χ0) is 13.0. The molecule has 0 bridgehead atoms. The van der Waals surface area contributed by atoms with E-state index in [4.69, 9.17) is 0 Å². The SMILES string of the molecule is CCC=C(NC(C)=NC)c1ccc2cn[nH]c2c1. The van der Waals surface area contributed by atoms with Gasteiger partial charge in [0.25, 0.3) is 0 Å². The van der Waals surface area contributed by atoms with Gasteiger partial charge in [0.15, 0.2) is 0 Å². The van der Waals surface area contributed by atoms with Crippen LogP contribution >= 0.6 is 0 Å². The van der Waals surface area contributed by atoms with Crippen LogP contribution in [-0.4, -0.2) is 23.1 Å². The van der Waals surface area contributed by atoms with Crippen molar-refractivity contribution in [1.29, 1.82) is 0 Å². The molecule has 1 heterocycles. The molecule has 1 aromatic carbocycles. The van der Waals surface area contributed by atoms with Crippen LogP contribution in [0.5, 0.6) is 0 Å². The fourth-order valence-corrected chi connectivity index (χ4v) is 1.80. The van der Waals surface area contributed by atoms with Gasteiger partial charge < -0.3 is 5.32 Å². The van der Waals surface area contributed by atoms with Crippen molar-refractivity contribution >= 4 is 22.4 Å². The highest BCUT2D eigenvalue weighted by molar-refractivity contribution is 5.91. The molecule has 18 heavy (non-hydrogen) atoms. The summed E-state index contributed by atoms with van der Waals surface area (Å²) in [5.41, 5.74) is 3.26. The second-order valence-corrected chi connectivity index (χ2v) is 4.13. The standard InChI is InChI=1S/C14H18N4/c1-4-5-13(17-10(2)15-3)11-6-7-12-9-16-18-14(12)8-11/h5-9H,4H2,1-3H3,(H,15,17)(H,16,18). The van der Waals surface area contributed by atoms with Crippen molar-refractivity contribution in [3.05, 3.63) is 36.0 Å². The number of aliphatic imine (C=N–C) groups is 1. The molecule has 0 fully saturated rings. The maximum absolute atomic E-state index is 4.13. The minimum absolute atomic E-state index is 0.902. The Balaban J connectivity index is 2.38. The smallest absolute Gasteiger partial charge is 0.0972 e. The van der Waals surface area contributed by atoms with Gasteiger partial charge in [-0.3, -0.25) is 10.1 Å². The molecule has 2 N–H and O–H groups in total. The summed E-state index contributed by atoms with van der Waals surface area (Å²) in [6, 6.07) is 6.26. The van der Waals surface area contributed by atoms with Crippen molar-refractivity contribution in [3.8, 4) is 0 Å². The zero-order valence-electron chi connectivity index (χ0n) is 11.0. The number of hydrogen-bond acceptors (Lipinski definition) is 2. The first kappa shape index (κ1) is 12.4. The van der Waals surface area contributed by atoms with Gasteiger partial charge in [-0.2, -0.15) is 5.10 Å². The van der Waals surface area contributed by atoms with E-state index in [0.29, 0.717) is 0 Å². The molecule has 0 spiro atoms. The number of allylic oxidation sites excluding steroid dienone is 1. The zero-order valence-corrected chi connectivity index (χ0v) is 11.0. The monoisotopic (exact) mass is 242 g/mol. The van der Waals surface area contributed by atoms with E-state index in [9.17, 15) is 0 Å². The van der Waals surface area contributed by atoms with Crippen molar-refractivity contribution in [2.75, 3.05) is 7.05 Å². The van der Waals surface area contributed by atoms with Gasteiger partial charge in [0.2, 0.25) is 0 Å². The van der Waals surface area contributed by atoms with Crippen LogP contribution in [0, 0.1) is 0 Å². The molecule has 4 heteroatoms. The number of benzene rings is 1. The molecule has 0 aliphatic carbocycles. The maximum atomic E-state index is 4.13. The number of rotatable bonds is 3. The van der Waals surface area contributed by atoms with Gasteiger partial charge in [-0.15, -0.1) is 0 Å². The summed E-state index contributed by atoms with van der Waals surface area (Å²) in [7, 11) is 1.78. The lowest BCUT2D eigenvalue weighted by Crippen LogP contribution is -2.18. The minimum Gasteiger partial charge on any atom is -0.344 e. The Hall–Kier alpha value is -2.10. The highest BCUT2D eigenvalue weighted by atomic mass is 15.1. The molecule has 0 radical (unpaired) electrons. The molecule has 0 saturated heterocycles. The van der Waals surface area contributed by atoms with Crippen molar-refractivity contribution < 1.29 is 0 Å². The van der Waals surface area contributed by atoms with Gasteiger partial charge in [-0.05, 0) is 25.0 Å². The number of aromatic nitrogens is 2. The molecule has 0 unspecified atom stereocenters. The number of fused-ring (bicyclic) bond motifs is 1. The molecule has 0 amide bonds. The van der Waals surface area contributed by atoms with Crippen molar-refractivity contribution in [2.45, 2.75) is 20.3 Å². The Morgan fingerprint density at radius 3 is 3.06 bits per heavy atom. The van der Waals surface area contributed by atoms with Crippen molar-refractivity contribution in [3.63, 3.8) is 0 Å². The van der Waals surface area contributed by atoms with Crippen LogP contribution in [0.2, 0.25) is 0 Å². The predicted octanol–water partition coefficient (Wildman–Crippen LogP) is 2.95. The molecule has 0 aliphatic rings. The highest BCUT2D eigenvalue weighted by Crippen LogP contribution is 2.18. The average Bonchev–Trinajstić information content (AvgIpc) is 2.85. The molecule has 0 aliphatic heterocycles. The summed E-state index contributed by atoms with van der Waals surface area (Å²) in [6.45, 7) is 4.08. The van der Waals surface area contributed by atoms with Crippen LogP contribution in [0.1, 0.15) is 25.8 Å². The highest BCUT2D eigenvalue weighted by Gasteiger charge is 2.04. The number of nitrogens with one attached hydrogen (secondary N) is 2. The third-order valence-corrected chi connectivity index (χ3v) is 2.81. The minimum atomic E-state index is 0.902. The molecule has 0 atom stereocenters. The third kappa shape index (κ3) is 2.59. The van der Waals surface area contributed by atoms with Gasteiger partial charge in [-0.1, -0.05) is 25.1 Å². The van der Waals surface area contributed by atoms with E-state index in [2.05, 4.69) is 51.7 Å². The van der Waals surface area contributed by atoms with Crippen LogP contribution in [0.4, 0.5) is 0 Å². The van der Waals surface area contributed by atoms with E-state index in [1.54, 1.807) is 7.05 Å². The molecule has 2 rings (SSSR count). The lowest BCUT2D eigenvalue weighted by atomic mass is 10.1. The summed E-state index contributed by atoms with van der Waals surface area (Å²) in [6.07, 6.45) is 4.96. The molecule has 2 aromatic rings. The van der Waals surface area contributed by atoms with Crippen molar-refractivity contribution in [2.24, 2.45) is 4.99 Å². The first-order valence-corrected chi connectivity index (χ1v) is 6.08. The average molecular weight is 242 g/mol. The third-order valence-electron chi connectivity index (χ3n) is 2.81. The molecule has 4 nitrogen and oxygen atoms in total. The Morgan fingerprint density at radius 1 is 1.50 bits per heavy atom. The summed E-state index contributed by atoms with van der Waals surface area (Å²) in [5.74, 6) is 0.902. The molecular formula is C14H18N4. The van der Waals surface area contributed by atoms with Crippen LogP contribution in [0.15, 0.2) is 35.5 Å². The maximum Gasteiger partial charge on any atom is 0.0972 e. The first-order chi connectivity index (χ1) is 8.74. The lowest BCUT2D eigenvalue weighted by Gasteiger charge is -2.10. The molecule has 94 valence electrons. The number of H-pyrrole nitrogens is 1. The Bertz CT molecular complexity index is 593. The summed E-state index contributed by atoms with van der Waals surface area (Å²) in [4.78, 5) is 4.13. The van der Waals surface area contributed by atoms with Crippen LogP contribution < -0.4 is 5.32 Å². The lowest BCUT2D eigenvalue weighted by molar-refractivity contribution is 1.12. The summed E-state index contributed by atoms with van der Waals surface area (Å²) >= 11 is 0. The van der Waals surface area contributed by atoms with Gasteiger partial charge in [0, 0.05) is 18.1 Å². The van der Waals surface area contributed by atoms with E-state index >= 15 is 0 Å². The fraction of sp³-hybridized carbons (Fsp3) is 0.286. The fourth-order valence-electron chi connectivity index (χ4n) is 1.80. The topological polar surface area (TPSA) is 53.1 Å². The van der Waals surface area contributed by atoms with E-state index in [1.165, 1.54) is 0 Å². The number of nitrogens with zero attached hydrogens (tertiary/aromatic N) is 2. The predicted molar refractivity (Wildman–Crippen MR) is 76.5 cm³/mol. The molecule has 1 aromatic heterocycles. The van der Waals surface area contributed by atoms with Crippen molar-refractivity contribution in [1.82, 2.24) is 15.5 Å². The second-order valence-electron chi connectivity index (χ2n) is 4.13. The quantitative estimate of drug-likeness (QED) is 0.642. The number of hydrogen-bond donors (Lipinski definition) is 2. The number of aromatic amines is 1. The van der Waals surface area contributed by atoms with Gasteiger partial charge in [0.1, 0.15) is 0 Å². The van der Waals surface area contributed by atoms with E-state index < -0.39 is 0 Å². The van der Waals surface area contributed by atoms with E-state index in [1.807, 2.05) is 13.1 Å². The van der Waals surface area contributed by atoms with Crippen LogP contribution in [0.3, 0.4) is 0 Å². The normalized spacial score (nSPS) is 13.1. The first-order valence-electron chi connectivity index (χ1n) is 6.08. The largest absolute Gasteiger partial charge is 0.344 e. The van der Waals surface area contributed by atoms with Crippen LogP contribution in [-0.2, 0) is 0 Å². The Morgan fingerprint density at radius 2 is 2.33 bits per heavy atom. The second kappa shape index (κ2) is 5.49. The van der Waals surface area contributed by atoms with E-state index in [-0.39, 0.29) is 0 Å². The summed E-state index contributed by atoms with van der Waals surface area (Å²) in [5, 5.41) is 11.5.